The third-order valence-corrected chi connectivity index (χ3v) is 5.56. The summed E-state index contributed by atoms with van der Waals surface area (Å²) in [6, 6.07) is 3.22. The van der Waals surface area contributed by atoms with Gasteiger partial charge in [-0.25, -0.2) is 0 Å². The fraction of sp³-hybridized carbons (Fsp3) is 0.667. The van der Waals surface area contributed by atoms with E-state index in [9.17, 15) is 28.4 Å². The number of nitrogens with one attached hydrogen (secondary N) is 1. The molecule has 0 bridgehead atoms. The summed E-state index contributed by atoms with van der Waals surface area (Å²) >= 11 is 0. The minimum absolute atomic E-state index is 0.00419. The molecule has 0 radical (unpaired) electrons. The number of hydrogen-bond acceptors (Lipinski definition) is 5. The molecule has 2 fully saturated rings. The van der Waals surface area contributed by atoms with Crippen LogP contribution in [0.4, 0.5) is 24.5 Å². The molecule has 2 N–H and O–H groups in total. The summed E-state index contributed by atoms with van der Waals surface area (Å²) < 4.78 is 39.3. The lowest BCUT2D eigenvalue weighted by atomic mass is 9.89. The monoisotopic (exact) mass is 387 g/mol. The van der Waals surface area contributed by atoms with Crippen LogP contribution >= 0.6 is 0 Å². The molecule has 1 saturated heterocycles. The van der Waals surface area contributed by atoms with Gasteiger partial charge in [-0.2, -0.15) is 13.2 Å². The summed E-state index contributed by atoms with van der Waals surface area (Å²) in [6.45, 7) is 1.55. The molecule has 0 amide bonds. The topological polar surface area (TPSA) is 78.6 Å². The maximum absolute atomic E-state index is 13.1. The van der Waals surface area contributed by atoms with Crippen LogP contribution in [0, 0.1) is 10.1 Å². The van der Waals surface area contributed by atoms with Crippen LogP contribution in [0.2, 0.25) is 0 Å². The van der Waals surface area contributed by atoms with Crippen LogP contribution in [0.25, 0.3) is 0 Å². The molecule has 27 heavy (non-hydrogen) atoms. The number of halogens is 3. The molecule has 2 atom stereocenters. The molecule has 150 valence electrons. The van der Waals surface area contributed by atoms with Crippen LogP contribution < -0.4 is 5.32 Å². The molecule has 1 heterocycles. The van der Waals surface area contributed by atoms with Gasteiger partial charge < -0.3 is 10.4 Å². The van der Waals surface area contributed by atoms with Gasteiger partial charge in [0, 0.05) is 36.9 Å². The SMILES string of the molecule is O=[N+]([O-])c1ccc(NC2CCN(C3CCCCC3O)CC2)cc1C(F)(F)F. The zero-order chi connectivity index (χ0) is 19.6. The second-order valence-corrected chi connectivity index (χ2v) is 7.36. The van der Waals surface area contributed by atoms with Crippen molar-refractivity contribution in [1.82, 2.24) is 4.90 Å². The van der Waals surface area contributed by atoms with E-state index in [0.717, 1.165) is 63.7 Å². The number of aliphatic hydroxyl groups excluding tert-OH is 1. The molecule has 0 spiro atoms. The van der Waals surface area contributed by atoms with Crippen LogP contribution in [-0.4, -0.2) is 46.2 Å². The zero-order valence-corrected chi connectivity index (χ0v) is 14.9. The van der Waals surface area contributed by atoms with Crippen LogP contribution in [0.3, 0.4) is 0 Å². The normalized spacial score (nSPS) is 25.3. The van der Waals surface area contributed by atoms with E-state index >= 15 is 0 Å². The van der Waals surface area contributed by atoms with Gasteiger partial charge in [0.05, 0.1) is 11.0 Å². The van der Waals surface area contributed by atoms with Crippen molar-refractivity contribution in [1.29, 1.82) is 0 Å². The Morgan fingerprint density at radius 2 is 1.81 bits per heavy atom. The predicted molar refractivity (Wildman–Crippen MR) is 94.6 cm³/mol. The molecule has 1 saturated carbocycles. The molecular formula is C18H24F3N3O3. The molecule has 1 aliphatic heterocycles. The van der Waals surface area contributed by atoms with Crippen molar-refractivity contribution in [3.05, 3.63) is 33.9 Å². The van der Waals surface area contributed by atoms with E-state index in [4.69, 9.17) is 0 Å². The Bertz CT molecular complexity index is 676. The Labute approximate surface area is 155 Å². The van der Waals surface area contributed by atoms with Crippen molar-refractivity contribution in [3.63, 3.8) is 0 Å². The molecular weight excluding hydrogens is 363 g/mol. The standard InChI is InChI=1S/C18H24F3N3O3/c19-18(20,21)14-11-13(5-6-15(14)24(26)27)22-12-7-9-23(10-8-12)16-3-1-2-4-17(16)25/h5-6,11-12,16-17,22,25H,1-4,7-10H2. The predicted octanol–water partition coefficient (Wildman–Crippen LogP) is 3.79. The first kappa shape index (κ1) is 19.9. The van der Waals surface area contributed by atoms with Crippen LogP contribution in [0.15, 0.2) is 18.2 Å². The average Bonchev–Trinajstić information content (AvgIpc) is 2.62. The Kier molecular flexibility index (Phi) is 5.90. The van der Waals surface area contributed by atoms with E-state index in [-0.39, 0.29) is 23.9 Å². The summed E-state index contributed by atoms with van der Waals surface area (Å²) in [7, 11) is 0. The van der Waals surface area contributed by atoms with Crippen molar-refractivity contribution in [2.45, 2.75) is 62.9 Å². The highest BCUT2D eigenvalue weighted by molar-refractivity contribution is 5.55. The zero-order valence-electron chi connectivity index (χ0n) is 14.9. The van der Waals surface area contributed by atoms with Crippen molar-refractivity contribution in [3.8, 4) is 0 Å². The number of hydrogen-bond donors (Lipinski definition) is 2. The average molecular weight is 387 g/mol. The number of benzene rings is 1. The van der Waals surface area contributed by atoms with Gasteiger partial charge in [0.1, 0.15) is 5.56 Å². The van der Waals surface area contributed by atoms with E-state index in [1.54, 1.807) is 0 Å². The fourth-order valence-corrected chi connectivity index (χ4v) is 4.14. The van der Waals surface area contributed by atoms with Gasteiger partial charge in [-0.1, -0.05) is 12.8 Å². The number of nitrogens with zero attached hydrogens (tertiary/aromatic N) is 2. The molecule has 9 heteroatoms. The first-order chi connectivity index (χ1) is 12.8. The number of nitro benzene ring substituents is 1. The Morgan fingerprint density at radius 3 is 2.41 bits per heavy atom. The highest BCUT2D eigenvalue weighted by Crippen LogP contribution is 2.38. The summed E-state index contributed by atoms with van der Waals surface area (Å²) in [6.07, 6.45) is 0.402. The summed E-state index contributed by atoms with van der Waals surface area (Å²) in [5.41, 5.74) is -1.93. The number of likely N-dealkylation sites (tertiary alicyclic amines) is 1. The lowest BCUT2D eigenvalue weighted by Crippen LogP contribution is -2.50. The molecule has 6 nitrogen and oxygen atoms in total. The lowest BCUT2D eigenvalue weighted by molar-refractivity contribution is -0.388. The summed E-state index contributed by atoms with van der Waals surface area (Å²) in [5.74, 6) is 0. The van der Waals surface area contributed by atoms with E-state index in [1.165, 1.54) is 6.07 Å². The van der Waals surface area contributed by atoms with E-state index < -0.39 is 22.4 Å². The first-order valence-corrected chi connectivity index (χ1v) is 9.30. The number of alkyl halides is 3. The lowest BCUT2D eigenvalue weighted by Gasteiger charge is -2.41. The largest absolute Gasteiger partial charge is 0.423 e. The highest BCUT2D eigenvalue weighted by Gasteiger charge is 2.38. The second-order valence-electron chi connectivity index (χ2n) is 7.36. The molecule has 3 rings (SSSR count). The van der Waals surface area contributed by atoms with Gasteiger partial charge in [-0.15, -0.1) is 0 Å². The minimum Gasteiger partial charge on any atom is -0.391 e. The highest BCUT2D eigenvalue weighted by atomic mass is 19.4. The molecule has 1 aromatic carbocycles. The van der Waals surface area contributed by atoms with Gasteiger partial charge in [0.25, 0.3) is 5.69 Å². The number of aliphatic hydroxyl groups is 1. The van der Waals surface area contributed by atoms with Crippen molar-refractivity contribution >= 4 is 11.4 Å². The van der Waals surface area contributed by atoms with Crippen LogP contribution in [-0.2, 0) is 6.18 Å². The van der Waals surface area contributed by atoms with Crippen LogP contribution in [0.1, 0.15) is 44.1 Å². The van der Waals surface area contributed by atoms with Crippen molar-refractivity contribution in [2.24, 2.45) is 0 Å². The molecule has 2 aliphatic rings. The quantitative estimate of drug-likeness (QED) is 0.607. The third-order valence-electron chi connectivity index (χ3n) is 5.56. The molecule has 0 aromatic heterocycles. The summed E-state index contributed by atoms with van der Waals surface area (Å²) in [4.78, 5) is 12.1. The molecule has 2 unspecified atom stereocenters. The Balaban J connectivity index is 1.63. The van der Waals surface area contributed by atoms with Gasteiger partial charge >= 0.3 is 6.18 Å². The number of anilines is 1. The fourth-order valence-electron chi connectivity index (χ4n) is 4.14. The number of piperidine rings is 1. The minimum atomic E-state index is -4.78. The van der Waals surface area contributed by atoms with Gasteiger partial charge in [0.15, 0.2) is 0 Å². The van der Waals surface area contributed by atoms with E-state index in [2.05, 4.69) is 10.2 Å². The van der Waals surface area contributed by atoms with Crippen LogP contribution in [0.5, 0.6) is 0 Å². The van der Waals surface area contributed by atoms with E-state index in [0.29, 0.717) is 0 Å². The molecule has 1 aliphatic carbocycles. The Hall–Kier alpha value is -1.87. The van der Waals surface area contributed by atoms with Gasteiger partial charge in [-0.3, -0.25) is 15.0 Å². The van der Waals surface area contributed by atoms with E-state index in [1.807, 2.05) is 0 Å². The van der Waals surface area contributed by atoms with Gasteiger partial charge in [-0.05, 0) is 37.8 Å². The first-order valence-electron chi connectivity index (χ1n) is 9.30. The molecule has 1 aromatic rings. The maximum atomic E-state index is 13.1. The Morgan fingerprint density at radius 1 is 1.15 bits per heavy atom. The van der Waals surface area contributed by atoms with Crippen molar-refractivity contribution in [2.75, 3.05) is 18.4 Å². The number of nitro groups is 1. The summed E-state index contributed by atoms with van der Waals surface area (Å²) in [5, 5.41) is 24.1. The smallest absolute Gasteiger partial charge is 0.391 e. The van der Waals surface area contributed by atoms with Gasteiger partial charge in [0.2, 0.25) is 0 Å². The third kappa shape index (κ3) is 4.70. The maximum Gasteiger partial charge on any atom is 0.423 e. The van der Waals surface area contributed by atoms with Crippen molar-refractivity contribution < 1.29 is 23.2 Å². The second kappa shape index (κ2) is 8.02. The number of rotatable bonds is 4.